The van der Waals surface area contributed by atoms with Gasteiger partial charge in [-0.2, -0.15) is 16.4 Å². The lowest BCUT2D eigenvalue weighted by Crippen LogP contribution is -1.53. The molecule has 0 aliphatic heterocycles. The van der Waals surface area contributed by atoms with Crippen molar-refractivity contribution in [2.24, 2.45) is 0 Å². The number of hydrogen-bond acceptors (Lipinski definition) is 10. The average molecular weight is 579 g/mol. The zero-order valence-electron chi connectivity index (χ0n) is 21.4. The van der Waals surface area contributed by atoms with Gasteiger partial charge in [0, 0.05) is 48.8 Å². The van der Waals surface area contributed by atoms with Gasteiger partial charge in [-0.15, -0.1) is 11.3 Å². The summed E-state index contributed by atoms with van der Waals surface area (Å²) in [7, 11) is 0. The first-order valence-electron chi connectivity index (χ1n) is 11.4. The van der Waals surface area contributed by atoms with Crippen LogP contribution < -0.4 is 0 Å². The van der Waals surface area contributed by atoms with Crippen molar-refractivity contribution in [3.8, 4) is 0 Å². The number of thiazole rings is 1. The van der Waals surface area contributed by atoms with Gasteiger partial charge < -0.3 is 23.3 Å². The maximum Gasteiger partial charge on any atom is 0.180 e. The Morgan fingerprint density at radius 2 is 1.38 bits per heavy atom. The number of rotatable bonds is 0. The number of hydrogen-bond donors (Lipinski definition) is 3. The number of furan rings is 1. The van der Waals surface area contributed by atoms with Gasteiger partial charge in [-0.05, 0) is 47.2 Å². The van der Waals surface area contributed by atoms with Crippen molar-refractivity contribution < 1.29 is 13.4 Å². The molecule has 0 aliphatic carbocycles. The molecule has 0 aliphatic rings. The minimum absolute atomic E-state index is 1.38. The highest BCUT2D eigenvalue weighted by Gasteiger charge is 1.62. The van der Waals surface area contributed by atoms with Gasteiger partial charge in [0.05, 0.1) is 36.8 Å². The number of nitrogens with one attached hydrogen (secondary N) is 3. The Labute approximate surface area is 239 Å². The molecule has 0 amide bonds. The SMILES string of the molecule is c1c[nH]cn1.c1cc[nH]c1.c1ccoc1.c1ccsc1.c1cn[nH]c1.c1cnoc1.c1cocn1.c1cscn1. The van der Waals surface area contributed by atoms with Gasteiger partial charge in [0.25, 0.3) is 0 Å². The normalized spacial score (nSPS) is 8.00. The number of nitrogens with zero attached hydrogens (tertiary/aromatic N) is 5. The molecule has 3 N–H and O–H groups in total. The molecule has 0 bridgehead atoms. The van der Waals surface area contributed by atoms with Gasteiger partial charge in [0.15, 0.2) is 6.39 Å². The first-order valence-corrected chi connectivity index (χ1v) is 13.3. The Hall–Kier alpha value is -5.27. The van der Waals surface area contributed by atoms with E-state index < -0.39 is 0 Å². The zero-order chi connectivity index (χ0) is 28.3. The van der Waals surface area contributed by atoms with Crippen molar-refractivity contribution in [3.05, 3.63) is 164 Å². The lowest BCUT2D eigenvalue weighted by atomic mass is 10.7. The summed E-state index contributed by atoms with van der Waals surface area (Å²) < 4.78 is 13.4. The first kappa shape index (κ1) is 32.8. The summed E-state index contributed by atoms with van der Waals surface area (Å²) in [6.45, 7) is 0. The van der Waals surface area contributed by atoms with Crippen LogP contribution >= 0.6 is 22.7 Å². The molecule has 0 fully saturated rings. The maximum atomic E-state index is 4.58. The van der Waals surface area contributed by atoms with E-state index in [4.69, 9.17) is 0 Å². The van der Waals surface area contributed by atoms with Crippen LogP contribution in [0.2, 0.25) is 0 Å². The molecule has 0 spiro atoms. The van der Waals surface area contributed by atoms with E-state index in [0.717, 1.165) is 0 Å². The predicted molar refractivity (Wildman–Crippen MR) is 156 cm³/mol. The van der Waals surface area contributed by atoms with Crippen LogP contribution in [0, 0.1) is 0 Å². The van der Waals surface area contributed by atoms with Crippen LogP contribution in [0.1, 0.15) is 0 Å². The second kappa shape index (κ2) is 30.0. The molecular formula is C27H30N8O3S2. The first-order chi connectivity index (χ1) is 20.0. The summed E-state index contributed by atoms with van der Waals surface area (Å²) in [4.78, 5) is 16.6. The number of thiophene rings is 1. The quantitative estimate of drug-likeness (QED) is 0.169. The molecule has 0 radical (unpaired) electrons. The number of imidazole rings is 1. The average Bonchev–Trinajstić information content (AvgIpc) is 3.95. The van der Waals surface area contributed by atoms with Crippen LogP contribution in [-0.2, 0) is 0 Å². The van der Waals surface area contributed by atoms with Crippen molar-refractivity contribution >= 4 is 22.7 Å². The standard InChI is InChI=1S/C4H5N.C4H4O.C4H4S.2C3H4N2.2C3H3NO.C3H3NS/c3*1-2-4-5-3-1;1-2-5-3-4-1;1-2-4-5-3-1;1-2-5-3-4-1;1-2-4-5-3-1;1-2-5-3-4-1/h1-5H;2*1-4H;2*1-3H,(H,4,5);3*1-3H. The third-order valence-electron chi connectivity index (χ3n) is 3.20. The number of H-pyrrole nitrogens is 3. The molecule has 8 aromatic rings. The van der Waals surface area contributed by atoms with Crippen LogP contribution in [0.25, 0.3) is 0 Å². The van der Waals surface area contributed by atoms with Crippen molar-refractivity contribution in [2.45, 2.75) is 0 Å². The van der Waals surface area contributed by atoms with Crippen molar-refractivity contribution in [1.82, 2.24) is 40.3 Å². The topological polar surface area (TPSA) is 151 Å². The second-order valence-corrected chi connectivity index (χ2v) is 7.61. The number of aromatic amines is 3. The van der Waals surface area contributed by atoms with E-state index in [-0.39, 0.29) is 0 Å². The summed E-state index contributed by atoms with van der Waals surface area (Å²) in [5.41, 5.74) is 1.79. The van der Waals surface area contributed by atoms with Crippen LogP contribution in [0.5, 0.6) is 0 Å². The predicted octanol–water partition coefficient (Wildman–Crippen LogP) is 7.35. The smallest absolute Gasteiger partial charge is 0.180 e. The molecule has 40 heavy (non-hydrogen) atoms. The van der Waals surface area contributed by atoms with Crippen LogP contribution in [0.15, 0.2) is 177 Å². The summed E-state index contributed by atoms with van der Waals surface area (Å²) in [6, 6.07) is 15.1. The Bertz CT molecular complexity index is 821. The molecule has 0 saturated heterocycles. The highest BCUT2D eigenvalue weighted by molar-refractivity contribution is 7.07. The van der Waals surface area contributed by atoms with E-state index in [1.807, 2.05) is 71.0 Å². The Kier molecular flexibility index (Phi) is 24.5. The molecule has 208 valence electrons. The molecule has 0 aromatic carbocycles. The van der Waals surface area contributed by atoms with E-state index in [9.17, 15) is 0 Å². The highest BCUT2D eigenvalue weighted by Crippen LogP contribution is 1.91. The molecule has 8 heterocycles. The van der Waals surface area contributed by atoms with E-state index in [2.05, 4.69) is 53.6 Å². The molecule has 8 rings (SSSR count). The summed E-state index contributed by atoms with van der Waals surface area (Å²) in [5.74, 6) is 0. The molecule has 11 nitrogen and oxygen atoms in total. The largest absolute Gasteiger partial charge is 0.473 e. The van der Waals surface area contributed by atoms with Gasteiger partial charge in [0.2, 0.25) is 0 Å². The fraction of sp³-hybridized carbons (Fsp3) is 0. The van der Waals surface area contributed by atoms with Gasteiger partial charge in [0.1, 0.15) is 12.5 Å². The number of oxazole rings is 1. The van der Waals surface area contributed by atoms with Crippen molar-refractivity contribution in [3.63, 3.8) is 0 Å². The van der Waals surface area contributed by atoms with Gasteiger partial charge in [-0.1, -0.05) is 17.3 Å². The molecule has 13 heteroatoms. The summed E-state index contributed by atoms with van der Waals surface area (Å²) in [6.07, 6.45) is 24.9. The summed E-state index contributed by atoms with van der Waals surface area (Å²) in [5, 5.41) is 15.6. The maximum absolute atomic E-state index is 4.58. The molecule has 8 aromatic heterocycles. The second-order valence-electron chi connectivity index (χ2n) is 6.04. The van der Waals surface area contributed by atoms with Gasteiger partial charge >= 0.3 is 0 Å². The fourth-order valence-electron chi connectivity index (χ4n) is 1.69. The molecule has 0 atom stereocenters. The van der Waals surface area contributed by atoms with Crippen LogP contribution in [0.4, 0.5) is 0 Å². The lowest BCUT2D eigenvalue weighted by molar-refractivity contribution is 0.420. The minimum Gasteiger partial charge on any atom is -0.473 e. The van der Waals surface area contributed by atoms with E-state index in [1.165, 1.54) is 18.9 Å². The monoisotopic (exact) mass is 578 g/mol. The van der Waals surface area contributed by atoms with Crippen molar-refractivity contribution in [2.75, 3.05) is 0 Å². The van der Waals surface area contributed by atoms with Gasteiger partial charge in [-0.3, -0.25) is 10.1 Å². The van der Waals surface area contributed by atoms with E-state index in [1.54, 1.807) is 96.5 Å². The van der Waals surface area contributed by atoms with Crippen LogP contribution in [0.3, 0.4) is 0 Å². The Balaban J connectivity index is 0.000000229. The van der Waals surface area contributed by atoms with Crippen molar-refractivity contribution in [1.29, 1.82) is 0 Å². The Morgan fingerprint density at radius 1 is 0.525 bits per heavy atom. The lowest BCUT2D eigenvalue weighted by Gasteiger charge is -1.50. The fourth-order valence-corrected chi connectivity index (χ4v) is 2.49. The molecular weight excluding hydrogens is 548 g/mol. The molecule has 0 saturated carbocycles. The van der Waals surface area contributed by atoms with Crippen LogP contribution in [-0.4, -0.2) is 40.3 Å². The van der Waals surface area contributed by atoms with E-state index >= 15 is 0 Å². The third-order valence-corrected chi connectivity index (χ3v) is 4.35. The van der Waals surface area contributed by atoms with E-state index in [0.29, 0.717) is 0 Å². The van der Waals surface area contributed by atoms with Gasteiger partial charge in [-0.25, -0.2) is 9.97 Å². The number of aromatic nitrogens is 8. The minimum atomic E-state index is 1.38. The molecule has 0 unspecified atom stereocenters. The third kappa shape index (κ3) is 27.3. The zero-order valence-corrected chi connectivity index (χ0v) is 23.0. The highest BCUT2D eigenvalue weighted by atomic mass is 32.1. The Morgan fingerprint density at radius 3 is 1.57 bits per heavy atom. The summed E-state index contributed by atoms with van der Waals surface area (Å²) >= 11 is 3.31.